The summed E-state index contributed by atoms with van der Waals surface area (Å²) in [5.74, 6) is 1.44. The summed E-state index contributed by atoms with van der Waals surface area (Å²) in [5, 5.41) is 6.14. The molecular weight excluding hydrogens is 268 g/mol. The Hall–Kier alpha value is -1.91. The predicted molar refractivity (Wildman–Crippen MR) is 83.0 cm³/mol. The van der Waals surface area contributed by atoms with E-state index in [0.717, 1.165) is 23.6 Å². The van der Waals surface area contributed by atoms with Gasteiger partial charge in [0.25, 0.3) is 0 Å². The molecule has 1 aromatic carbocycles. The van der Waals surface area contributed by atoms with Gasteiger partial charge in [-0.3, -0.25) is 4.79 Å². The summed E-state index contributed by atoms with van der Waals surface area (Å²) in [5.41, 5.74) is 0.605. The van der Waals surface area contributed by atoms with Crippen LogP contribution in [0.2, 0.25) is 0 Å². The van der Waals surface area contributed by atoms with Crippen LogP contribution in [0.4, 0.5) is 5.69 Å². The molecule has 0 saturated carbocycles. The van der Waals surface area contributed by atoms with Crippen molar-refractivity contribution in [3.63, 3.8) is 0 Å². The second-order valence-corrected chi connectivity index (χ2v) is 6.32. The van der Waals surface area contributed by atoms with Gasteiger partial charge in [-0.05, 0) is 39.8 Å². The van der Waals surface area contributed by atoms with Crippen LogP contribution in [0.15, 0.2) is 18.2 Å². The molecule has 5 heteroatoms. The van der Waals surface area contributed by atoms with E-state index < -0.39 is 0 Å². The van der Waals surface area contributed by atoms with Crippen LogP contribution in [0.1, 0.15) is 34.1 Å². The van der Waals surface area contributed by atoms with Gasteiger partial charge in [-0.15, -0.1) is 0 Å². The number of carbonyl (C=O) groups excluding carboxylic acids is 1. The number of hydrogen-bond acceptors (Lipinski definition) is 4. The number of rotatable bonds is 3. The van der Waals surface area contributed by atoms with Crippen molar-refractivity contribution in [2.75, 3.05) is 18.5 Å². The number of amides is 1. The highest BCUT2D eigenvalue weighted by molar-refractivity contribution is 5.84. The number of hydrogen-bond donors (Lipinski definition) is 2. The molecule has 2 N–H and O–H groups in total. The minimum absolute atomic E-state index is 0.0328. The predicted octanol–water partition coefficient (Wildman–Crippen LogP) is 2.56. The van der Waals surface area contributed by atoms with E-state index in [4.69, 9.17) is 9.47 Å². The molecular formula is C16H24N2O3. The van der Waals surface area contributed by atoms with Crippen molar-refractivity contribution in [3.05, 3.63) is 18.2 Å². The molecule has 0 aromatic heterocycles. The van der Waals surface area contributed by atoms with Crippen LogP contribution in [-0.2, 0) is 4.79 Å². The summed E-state index contributed by atoms with van der Waals surface area (Å²) in [6, 6.07) is 5.32. The molecule has 0 aliphatic carbocycles. The van der Waals surface area contributed by atoms with E-state index in [2.05, 4.69) is 10.6 Å². The van der Waals surface area contributed by atoms with Crippen LogP contribution in [0, 0.1) is 0 Å². The molecule has 0 bridgehead atoms. The first-order valence-electron chi connectivity index (χ1n) is 7.33. The minimum Gasteiger partial charge on any atom is -0.490 e. The van der Waals surface area contributed by atoms with Gasteiger partial charge < -0.3 is 20.1 Å². The third-order valence-electron chi connectivity index (χ3n) is 3.02. The molecule has 21 heavy (non-hydrogen) atoms. The molecule has 0 fully saturated rings. The Bertz CT molecular complexity index is 509. The Labute approximate surface area is 126 Å². The van der Waals surface area contributed by atoms with Crippen LogP contribution in [0.5, 0.6) is 11.5 Å². The lowest BCUT2D eigenvalue weighted by Gasteiger charge is -2.24. The summed E-state index contributed by atoms with van der Waals surface area (Å²) in [6.07, 6.45) is 0.877. The van der Waals surface area contributed by atoms with Gasteiger partial charge in [0.05, 0.1) is 13.2 Å². The molecule has 2 rings (SSSR count). The monoisotopic (exact) mass is 292 g/mol. The number of nitrogens with one attached hydrogen (secondary N) is 2. The van der Waals surface area contributed by atoms with E-state index in [-0.39, 0.29) is 17.5 Å². The normalized spacial score (nSPS) is 15.8. The number of fused-ring (bicyclic) bond motifs is 1. The van der Waals surface area contributed by atoms with Crippen LogP contribution in [0.25, 0.3) is 0 Å². The second-order valence-electron chi connectivity index (χ2n) is 6.32. The largest absolute Gasteiger partial charge is 0.490 e. The van der Waals surface area contributed by atoms with Crippen LogP contribution in [0.3, 0.4) is 0 Å². The molecule has 1 atom stereocenters. The Kier molecular flexibility index (Phi) is 4.60. The van der Waals surface area contributed by atoms with E-state index in [9.17, 15) is 4.79 Å². The Morgan fingerprint density at radius 1 is 1.19 bits per heavy atom. The third kappa shape index (κ3) is 4.55. The summed E-state index contributed by atoms with van der Waals surface area (Å²) < 4.78 is 11.2. The van der Waals surface area contributed by atoms with Crippen LogP contribution < -0.4 is 20.1 Å². The molecule has 1 amide bonds. The van der Waals surface area contributed by atoms with Gasteiger partial charge in [0.15, 0.2) is 11.5 Å². The van der Waals surface area contributed by atoms with Gasteiger partial charge >= 0.3 is 0 Å². The highest BCUT2D eigenvalue weighted by Gasteiger charge is 2.19. The lowest BCUT2D eigenvalue weighted by molar-refractivity contribution is -0.122. The maximum atomic E-state index is 12.1. The summed E-state index contributed by atoms with van der Waals surface area (Å²) in [4.78, 5) is 12.1. The van der Waals surface area contributed by atoms with Crippen molar-refractivity contribution in [2.45, 2.75) is 45.7 Å². The van der Waals surface area contributed by atoms with Crippen molar-refractivity contribution >= 4 is 11.6 Å². The highest BCUT2D eigenvalue weighted by Crippen LogP contribution is 2.32. The summed E-state index contributed by atoms with van der Waals surface area (Å²) >= 11 is 0. The Balaban J connectivity index is 2.02. The van der Waals surface area contributed by atoms with Gasteiger partial charge in [0, 0.05) is 23.7 Å². The smallest absolute Gasteiger partial charge is 0.242 e. The second kappa shape index (κ2) is 6.24. The van der Waals surface area contributed by atoms with Crippen molar-refractivity contribution in [3.8, 4) is 11.5 Å². The Morgan fingerprint density at radius 2 is 1.86 bits per heavy atom. The molecule has 5 nitrogen and oxygen atoms in total. The number of anilines is 1. The van der Waals surface area contributed by atoms with E-state index in [1.54, 1.807) is 0 Å². The first-order chi connectivity index (χ1) is 9.85. The Morgan fingerprint density at radius 3 is 2.52 bits per heavy atom. The zero-order chi connectivity index (χ0) is 15.5. The van der Waals surface area contributed by atoms with Crippen molar-refractivity contribution in [1.82, 2.24) is 5.32 Å². The maximum absolute atomic E-state index is 12.1. The van der Waals surface area contributed by atoms with Crippen molar-refractivity contribution < 1.29 is 14.3 Å². The van der Waals surface area contributed by atoms with Crippen LogP contribution >= 0.6 is 0 Å². The number of ether oxygens (including phenoxy) is 2. The van der Waals surface area contributed by atoms with Gasteiger partial charge in [-0.1, -0.05) is 0 Å². The van der Waals surface area contributed by atoms with Gasteiger partial charge in [-0.25, -0.2) is 0 Å². The molecule has 1 aliphatic heterocycles. The van der Waals surface area contributed by atoms with Gasteiger partial charge in [0.2, 0.25) is 5.91 Å². The standard InChI is InChI=1S/C16H24N2O3/c1-11(15(19)18-16(2,3)4)17-12-6-7-13-14(10-12)21-9-5-8-20-13/h6-7,10-11,17H,5,8-9H2,1-4H3,(H,18,19)/t11-/m1/s1. The first kappa shape index (κ1) is 15.5. The van der Waals surface area contributed by atoms with Crippen LogP contribution in [-0.4, -0.2) is 30.7 Å². The maximum Gasteiger partial charge on any atom is 0.242 e. The number of carbonyl (C=O) groups is 1. The fourth-order valence-corrected chi connectivity index (χ4v) is 2.05. The molecule has 1 aromatic rings. The van der Waals surface area contributed by atoms with E-state index in [1.807, 2.05) is 45.9 Å². The zero-order valence-electron chi connectivity index (χ0n) is 13.2. The van der Waals surface area contributed by atoms with E-state index in [0.29, 0.717) is 13.2 Å². The van der Waals surface area contributed by atoms with E-state index >= 15 is 0 Å². The first-order valence-corrected chi connectivity index (χ1v) is 7.33. The molecule has 1 heterocycles. The molecule has 0 saturated heterocycles. The summed E-state index contributed by atoms with van der Waals surface area (Å²) in [7, 11) is 0. The van der Waals surface area contributed by atoms with Gasteiger partial charge in [0.1, 0.15) is 6.04 Å². The highest BCUT2D eigenvalue weighted by atomic mass is 16.5. The lowest BCUT2D eigenvalue weighted by Crippen LogP contribution is -2.47. The fraction of sp³-hybridized carbons (Fsp3) is 0.562. The number of benzene rings is 1. The van der Waals surface area contributed by atoms with Crippen molar-refractivity contribution in [2.24, 2.45) is 0 Å². The zero-order valence-corrected chi connectivity index (χ0v) is 13.2. The third-order valence-corrected chi connectivity index (χ3v) is 3.02. The SMILES string of the molecule is C[C@@H](Nc1ccc2c(c1)OCCCO2)C(=O)NC(C)(C)C. The molecule has 0 radical (unpaired) electrons. The van der Waals surface area contributed by atoms with E-state index in [1.165, 1.54) is 0 Å². The molecule has 0 unspecified atom stereocenters. The average Bonchev–Trinajstić information content (AvgIpc) is 2.61. The lowest BCUT2D eigenvalue weighted by atomic mass is 10.1. The van der Waals surface area contributed by atoms with Crippen molar-refractivity contribution in [1.29, 1.82) is 0 Å². The minimum atomic E-state index is -0.325. The topological polar surface area (TPSA) is 59.6 Å². The molecule has 1 aliphatic rings. The fourth-order valence-electron chi connectivity index (χ4n) is 2.05. The molecule has 0 spiro atoms. The molecule has 116 valence electrons. The van der Waals surface area contributed by atoms with Gasteiger partial charge in [-0.2, -0.15) is 0 Å². The summed E-state index contributed by atoms with van der Waals surface area (Å²) in [6.45, 7) is 9.05. The quantitative estimate of drug-likeness (QED) is 0.899. The average molecular weight is 292 g/mol.